The molecule has 0 saturated heterocycles. The lowest BCUT2D eigenvalue weighted by Crippen LogP contribution is -2.34. The van der Waals surface area contributed by atoms with Gasteiger partial charge in [-0.25, -0.2) is 4.98 Å². The molecule has 1 amide bonds. The maximum atomic E-state index is 12.5. The number of nitrogens with one attached hydrogen (secondary N) is 2. The van der Waals surface area contributed by atoms with E-state index in [1.54, 1.807) is 36.4 Å². The standard InChI is InChI=1S/C25H23N3O4S/c1-4-31-18-7-5-6-16(12-18)23(30)28-25(33)26-17-8-9-21(29)19(13-17)24-27-20-11-14(2)10-15(3)22(20)32-24/h5-13,29H,4H2,1-3H3,(H2,26,28,30,33). The number of carbonyl (C=O) groups excluding carboxylic acids is 1. The van der Waals surface area contributed by atoms with E-state index in [0.29, 0.717) is 40.6 Å². The molecule has 33 heavy (non-hydrogen) atoms. The first kappa shape index (κ1) is 22.3. The number of thiocarbonyl (C=S) groups is 1. The molecule has 0 radical (unpaired) electrons. The van der Waals surface area contributed by atoms with E-state index in [4.69, 9.17) is 21.4 Å². The SMILES string of the molecule is CCOc1cccc(C(=O)NC(=S)Nc2ccc(O)c(-c3nc4cc(C)cc(C)c4o3)c2)c1. The van der Waals surface area contributed by atoms with Crippen LogP contribution in [0.4, 0.5) is 5.69 Å². The highest BCUT2D eigenvalue weighted by Gasteiger charge is 2.16. The molecular weight excluding hydrogens is 438 g/mol. The van der Waals surface area contributed by atoms with Crippen LogP contribution in [0, 0.1) is 13.8 Å². The zero-order valence-electron chi connectivity index (χ0n) is 18.4. The molecule has 8 heteroatoms. The van der Waals surface area contributed by atoms with Crippen LogP contribution in [-0.4, -0.2) is 27.7 Å². The molecule has 0 unspecified atom stereocenters. The van der Waals surface area contributed by atoms with Gasteiger partial charge < -0.3 is 19.6 Å². The zero-order valence-corrected chi connectivity index (χ0v) is 19.2. The number of oxazole rings is 1. The number of ether oxygens (including phenoxy) is 1. The van der Waals surface area contributed by atoms with E-state index in [9.17, 15) is 9.90 Å². The van der Waals surface area contributed by atoms with Gasteiger partial charge in [0.15, 0.2) is 10.7 Å². The number of benzene rings is 3. The van der Waals surface area contributed by atoms with Gasteiger partial charge in [0, 0.05) is 11.3 Å². The van der Waals surface area contributed by atoms with Gasteiger partial charge in [0.25, 0.3) is 5.91 Å². The lowest BCUT2D eigenvalue weighted by Gasteiger charge is -2.11. The number of fused-ring (bicyclic) bond motifs is 1. The van der Waals surface area contributed by atoms with Gasteiger partial charge in [-0.2, -0.15) is 0 Å². The van der Waals surface area contributed by atoms with Crippen LogP contribution < -0.4 is 15.4 Å². The Morgan fingerprint density at radius 2 is 1.97 bits per heavy atom. The maximum absolute atomic E-state index is 12.5. The summed E-state index contributed by atoms with van der Waals surface area (Å²) in [6.45, 7) is 6.33. The second-order valence-corrected chi connectivity index (χ2v) is 7.96. The number of amides is 1. The van der Waals surface area contributed by atoms with Gasteiger partial charge in [0.2, 0.25) is 5.89 Å². The minimum Gasteiger partial charge on any atom is -0.507 e. The number of rotatable bonds is 5. The van der Waals surface area contributed by atoms with E-state index in [1.807, 2.05) is 32.9 Å². The van der Waals surface area contributed by atoms with Gasteiger partial charge >= 0.3 is 0 Å². The second-order valence-electron chi connectivity index (χ2n) is 7.55. The van der Waals surface area contributed by atoms with Crippen LogP contribution in [0.3, 0.4) is 0 Å². The molecule has 0 saturated carbocycles. The number of aryl methyl sites for hydroxylation is 2. The van der Waals surface area contributed by atoms with Gasteiger partial charge in [-0.05, 0) is 86.6 Å². The van der Waals surface area contributed by atoms with Crippen LogP contribution in [0.5, 0.6) is 11.5 Å². The van der Waals surface area contributed by atoms with Crippen LogP contribution in [0.1, 0.15) is 28.4 Å². The Kier molecular flexibility index (Phi) is 6.28. The minimum atomic E-state index is -0.363. The molecule has 0 atom stereocenters. The van der Waals surface area contributed by atoms with E-state index in [-0.39, 0.29) is 16.8 Å². The molecule has 4 rings (SSSR count). The van der Waals surface area contributed by atoms with Crippen molar-refractivity contribution in [3.63, 3.8) is 0 Å². The Morgan fingerprint density at radius 3 is 2.76 bits per heavy atom. The smallest absolute Gasteiger partial charge is 0.257 e. The third kappa shape index (κ3) is 4.96. The molecule has 1 heterocycles. The summed E-state index contributed by atoms with van der Waals surface area (Å²) in [6.07, 6.45) is 0. The van der Waals surface area contributed by atoms with E-state index >= 15 is 0 Å². The molecule has 0 aliphatic heterocycles. The number of aromatic nitrogens is 1. The fourth-order valence-electron chi connectivity index (χ4n) is 3.51. The molecule has 0 spiro atoms. The summed E-state index contributed by atoms with van der Waals surface area (Å²) in [7, 11) is 0. The summed E-state index contributed by atoms with van der Waals surface area (Å²) in [5.74, 6) is 0.556. The van der Waals surface area contributed by atoms with Gasteiger partial charge in [-0.1, -0.05) is 12.1 Å². The van der Waals surface area contributed by atoms with Crippen molar-refractivity contribution in [2.24, 2.45) is 0 Å². The largest absolute Gasteiger partial charge is 0.507 e. The lowest BCUT2D eigenvalue weighted by molar-refractivity contribution is 0.0977. The Morgan fingerprint density at radius 1 is 1.15 bits per heavy atom. The third-order valence-corrected chi connectivity index (χ3v) is 5.14. The summed E-state index contributed by atoms with van der Waals surface area (Å²) in [5, 5.41) is 16.1. The third-order valence-electron chi connectivity index (χ3n) is 4.94. The lowest BCUT2D eigenvalue weighted by atomic mass is 10.1. The summed E-state index contributed by atoms with van der Waals surface area (Å²) in [6, 6.07) is 15.6. The first-order valence-corrected chi connectivity index (χ1v) is 10.8. The minimum absolute atomic E-state index is 0.0178. The maximum Gasteiger partial charge on any atom is 0.257 e. The second kappa shape index (κ2) is 9.30. The number of hydrogen-bond donors (Lipinski definition) is 3. The molecule has 0 aliphatic carbocycles. The summed E-state index contributed by atoms with van der Waals surface area (Å²) in [5.41, 5.74) is 4.83. The molecular formula is C25H23N3O4S. The monoisotopic (exact) mass is 461 g/mol. The average molecular weight is 462 g/mol. The fourth-order valence-corrected chi connectivity index (χ4v) is 3.72. The van der Waals surface area contributed by atoms with E-state index in [1.165, 1.54) is 6.07 Å². The number of hydrogen-bond acceptors (Lipinski definition) is 6. The topological polar surface area (TPSA) is 96.6 Å². The summed E-state index contributed by atoms with van der Waals surface area (Å²) in [4.78, 5) is 17.1. The van der Waals surface area contributed by atoms with Gasteiger partial charge in [-0.3, -0.25) is 10.1 Å². The number of aromatic hydroxyl groups is 1. The van der Waals surface area contributed by atoms with Crippen molar-refractivity contribution < 1.29 is 19.1 Å². The predicted octanol–water partition coefficient (Wildman–Crippen LogP) is 5.34. The Labute approximate surface area is 196 Å². The number of phenolic OH excluding ortho intramolecular Hbond substituents is 1. The van der Waals surface area contributed by atoms with Gasteiger partial charge in [-0.15, -0.1) is 0 Å². The van der Waals surface area contributed by atoms with Crippen LogP contribution in [0.2, 0.25) is 0 Å². The van der Waals surface area contributed by atoms with Crippen molar-refractivity contribution in [2.45, 2.75) is 20.8 Å². The first-order valence-electron chi connectivity index (χ1n) is 10.4. The van der Waals surface area contributed by atoms with Crippen molar-refractivity contribution in [1.82, 2.24) is 10.3 Å². The van der Waals surface area contributed by atoms with Crippen molar-refractivity contribution in [2.75, 3.05) is 11.9 Å². The van der Waals surface area contributed by atoms with Gasteiger partial charge in [0.1, 0.15) is 17.0 Å². The van der Waals surface area contributed by atoms with Gasteiger partial charge in [0.05, 0.1) is 12.2 Å². The van der Waals surface area contributed by atoms with Crippen molar-refractivity contribution in [3.8, 4) is 23.0 Å². The molecule has 3 N–H and O–H groups in total. The average Bonchev–Trinajstić information content (AvgIpc) is 3.19. The molecule has 4 aromatic rings. The number of anilines is 1. The van der Waals surface area contributed by atoms with E-state index < -0.39 is 0 Å². The summed E-state index contributed by atoms with van der Waals surface area (Å²) >= 11 is 5.30. The normalized spacial score (nSPS) is 10.8. The highest BCUT2D eigenvalue weighted by Crippen LogP contribution is 2.34. The van der Waals surface area contributed by atoms with Crippen LogP contribution in [0.15, 0.2) is 59.0 Å². The molecule has 7 nitrogen and oxygen atoms in total. The molecule has 0 bridgehead atoms. The van der Waals surface area contributed by atoms with E-state index in [2.05, 4.69) is 15.6 Å². The Balaban J connectivity index is 1.52. The number of carbonyl (C=O) groups is 1. The summed E-state index contributed by atoms with van der Waals surface area (Å²) < 4.78 is 11.4. The Hall–Kier alpha value is -3.91. The van der Waals surface area contributed by atoms with Crippen LogP contribution >= 0.6 is 12.2 Å². The number of phenols is 1. The highest BCUT2D eigenvalue weighted by molar-refractivity contribution is 7.80. The zero-order chi connectivity index (χ0) is 23.5. The fraction of sp³-hybridized carbons (Fsp3) is 0.160. The molecule has 168 valence electrons. The predicted molar refractivity (Wildman–Crippen MR) is 132 cm³/mol. The van der Waals surface area contributed by atoms with Crippen LogP contribution in [0.25, 0.3) is 22.6 Å². The van der Waals surface area contributed by atoms with Crippen molar-refractivity contribution in [1.29, 1.82) is 0 Å². The van der Waals surface area contributed by atoms with E-state index in [0.717, 1.165) is 16.6 Å². The van der Waals surface area contributed by atoms with Crippen molar-refractivity contribution >= 4 is 40.0 Å². The quantitative estimate of drug-likeness (QED) is 0.273. The molecule has 3 aromatic carbocycles. The molecule has 0 fully saturated rings. The Bertz CT molecular complexity index is 1360. The van der Waals surface area contributed by atoms with Crippen molar-refractivity contribution in [3.05, 3.63) is 71.3 Å². The number of nitrogens with zero attached hydrogens (tertiary/aromatic N) is 1. The first-order chi connectivity index (χ1) is 15.8. The molecule has 1 aromatic heterocycles. The van der Waals surface area contributed by atoms with Crippen LogP contribution in [-0.2, 0) is 0 Å². The molecule has 0 aliphatic rings. The highest BCUT2D eigenvalue weighted by atomic mass is 32.1.